The molecular formula is C16H23ClO. The van der Waals surface area contributed by atoms with Crippen LogP contribution in [0.1, 0.15) is 44.6 Å². The molecule has 1 nitrogen and oxygen atoms in total. The number of aliphatic hydroxyl groups excluding tert-OH is 1. The Morgan fingerprint density at radius 2 is 2.00 bits per heavy atom. The fourth-order valence-corrected chi connectivity index (χ4v) is 3.27. The van der Waals surface area contributed by atoms with Crippen LogP contribution in [-0.4, -0.2) is 11.2 Å². The lowest BCUT2D eigenvalue weighted by atomic mass is 9.77. The summed E-state index contributed by atoms with van der Waals surface area (Å²) in [4.78, 5) is 0. The normalized spacial score (nSPS) is 25.9. The van der Waals surface area contributed by atoms with Gasteiger partial charge in [0.05, 0.1) is 6.10 Å². The first kappa shape index (κ1) is 13.9. The van der Waals surface area contributed by atoms with Crippen molar-refractivity contribution < 1.29 is 5.11 Å². The molecule has 1 aliphatic rings. The molecule has 1 aromatic rings. The molecule has 1 unspecified atom stereocenters. The van der Waals surface area contributed by atoms with Crippen LogP contribution in [-0.2, 0) is 6.42 Å². The molecule has 18 heavy (non-hydrogen) atoms. The molecule has 2 heteroatoms. The predicted octanol–water partition coefficient (Wildman–Crippen LogP) is 4.46. The summed E-state index contributed by atoms with van der Waals surface area (Å²) in [6, 6.07) is 7.84. The highest BCUT2D eigenvalue weighted by Gasteiger charge is 2.25. The van der Waals surface area contributed by atoms with Crippen LogP contribution in [0.4, 0.5) is 0 Å². The van der Waals surface area contributed by atoms with Crippen molar-refractivity contribution in [1.82, 2.24) is 0 Å². The van der Waals surface area contributed by atoms with Gasteiger partial charge in [-0.3, -0.25) is 0 Å². The summed E-state index contributed by atoms with van der Waals surface area (Å²) >= 11 is 5.97. The van der Waals surface area contributed by atoms with Gasteiger partial charge in [-0.1, -0.05) is 49.9 Å². The van der Waals surface area contributed by atoms with E-state index < -0.39 is 0 Å². The van der Waals surface area contributed by atoms with Crippen LogP contribution >= 0.6 is 11.6 Å². The van der Waals surface area contributed by atoms with Crippen LogP contribution in [0.5, 0.6) is 0 Å². The van der Waals surface area contributed by atoms with Crippen molar-refractivity contribution in [3.05, 3.63) is 34.9 Å². The maximum atomic E-state index is 10.3. The summed E-state index contributed by atoms with van der Waals surface area (Å²) in [6.07, 6.45) is 6.75. The van der Waals surface area contributed by atoms with E-state index in [1.165, 1.54) is 32.1 Å². The Labute approximate surface area is 115 Å². The molecule has 1 aliphatic carbocycles. The van der Waals surface area contributed by atoms with Crippen molar-refractivity contribution in [3.63, 3.8) is 0 Å². The fraction of sp³-hybridized carbons (Fsp3) is 0.625. The molecule has 1 N–H and O–H groups in total. The molecule has 100 valence electrons. The van der Waals surface area contributed by atoms with Gasteiger partial charge in [0, 0.05) is 5.02 Å². The van der Waals surface area contributed by atoms with Gasteiger partial charge in [-0.05, 0) is 48.8 Å². The third-order valence-electron chi connectivity index (χ3n) is 4.35. The number of halogens is 1. The zero-order valence-electron chi connectivity index (χ0n) is 11.1. The highest BCUT2D eigenvalue weighted by Crippen LogP contribution is 2.33. The summed E-state index contributed by atoms with van der Waals surface area (Å²) in [5.74, 6) is 1.37. The Bertz CT molecular complexity index is 369. The third-order valence-corrected chi connectivity index (χ3v) is 4.58. The Hall–Kier alpha value is -0.530. The van der Waals surface area contributed by atoms with E-state index >= 15 is 0 Å². The molecule has 0 amide bonds. The van der Waals surface area contributed by atoms with E-state index in [1.807, 2.05) is 24.3 Å². The summed E-state index contributed by atoms with van der Waals surface area (Å²) in [5, 5.41) is 11.1. The van der Waals surface area contributed by atoms with Crippen LogP contribution in [0.15, 0.2) is 24.3 Å². The number of rotatable bonds is 4. The first-order chi connectivity index (χ1) is 8.69. The third kappa shape index (κ3) is 3.73. The van der Waals surface area contributed by atoms with Crippen LogP contribution in [0.25, 0.3) is 0 Å². The average molecular weight is 267 g/mol. The lowest BCUT2D eigenvalue weighted by molar-refractivity contribution is 0.0735. The van der Waals surface area contributed by atoms with E-state index in [-0.39, 0.29) is 6.10 Å². The highest BCUT2D eigenvalue weighted by molar-refractivity contribution is 6.30. The molecule has 0 heterocycles. The van der Waals surface area contributed by atoms with Gasteiger partial charge < -0.3 is 5.11 Å². The standard InChI is InChI=1S/C16H23ClO/c1-2-12-6-8-14(9-7-12)16(18)11-13-4-3-5-15(17)10-13/h3-5,10,12,14,16,18H,2,6-9,11H2,1H3. The van der Waals surface area contributed by atoms with E-state index in [0.717, 1.165) is 22.9 Å². The van der Waals surface area contributed by atoms with E-state index in [0.29, 0.717) is 5.92 Å². The molecule has 0 aliphatic heterocycles. The molecule has 1 aromatic carbocycles. The summed E-state index contributed by atoms with van der Waals surface area (Å²) in [7, 11) is 0. The van der Waals surface area contributed by atoms with Crippen molar-refractivity contribution in [2.75, 3.05) is 0 Å². The molecule has 1 atom stereocenters. The van der Waals surface area contributed by atoms with Crippen molar-refractivity contribution in [3.8, 4) is 0 Å². The van der Waals surface area contributed by atoms with Gasteiger partial charge in [0.25, 0.3) is 0 Å². The maximum Gasteiger partial charge on any atom is 0.0608 e. The topological polar surface area (TPSA) is 20.2 Å². The first-order valence-corrected chi connectivity index (χ1v) is 7.49. The fourth-order valence-electron chi connectivity index (χ4n) is 3.05. The highest BCUT2D eigenvalue weighted by atomic mass is 35.5. The molecule has 0 radical (unpaired) electrons. The minimum atomic E-state index is -0.207. The summed E-state index contributed by atoms with van der Waals surface area (Å²) in [5.41, 5.74) is 1.15. The van der Waals surface area contributed by atoms with Gasteiger partial charge in [-0.25, -0.2) is 0 Å². The van der Waals surface area contributed by atoms with Gasteiger partial charge in [-0.15, -0.1) is 0 Å². The Morgan fingerprint density at radius 1 is 1.28 bits per heavy atom. The van der Waals surface area contributed by atoms with Crippen molar-refractivity contribution in [1.29, 1.82) is 0 Å². The lowest BCUT2D eigenvalue weighted by Gasteiger charge is -2.31. The molecule has 0 spiro atoms. The van der Waals surface area contributed by atoms with Crippen molar-refractivity contribution in [2.24, 2.45) is 11.8 Å². The maximum absolute atomic E-state index is 10.3. The predicted molar refractivity (Wildman–Crippen MR) is 76.9 cm³/mol. The molecule has 0 bridgehead atoms. The average Bonchev–Trinajstić information content (AvgIpc) is 2.39. The summed E-state index contributed by atoms with van der Waals surface area (Å²) < 4.78 is 0. The lowest BCUT2D eigenvalue weighted by Crippen LogP contribution is -2.27. The zero-order chi connectivity index (χ0) is 13.0. The minimum absolute atomic E-state index is 0.207. The largest absolute Gasteiger partial charge is 0.392 e. The van der Waals surface area contributed by atoms with Crippen molar-refractivity contribution in [2.45, 2.75) is 51.6 Å². The Kier molecular flexibility index (Phi) is 5.08. The molecule has 0 saturated heterocycles. The number of aliphatic hydroxyl groups is 1. The van der Waals surface area contributed by atoms with Crippen molar-refractivity contribution >= 4 is 11.6 Å². The van der Waals surface area contributed by atoms with E-state index in [2.05, 4.69) is 6.92 Å². The molecule has 0 aromatic heterocycles. The Balaban J connectivity index is 1.87. The smallest absolute Gasteiger partial charge is 0.0608 e. The number of hydrogen-bond donors (Lipinski definition) is 1. The number of hydrogen-bond acceptors (Lipinski definition) is 1. The monoisotopic (exact) mass is 266 g/mol. The quantitative estimate of drug-likeness (QED) is 0.853. The second-order valence-electron chi connectivity index (χ2n) is 5.59. The molecule has 1 fully saturated rings. The van der Waals surface area contributed by atoms with Crippen LogP contribution in [0.3, 0.4) is 0 Å². The zero-order valence-corrected chi connectivity index (χ0v) is 11.9. The van der Waals surface area contributed by atoms with Crippen LogP contribution < -0.4 is 0 Å². The van der Waals surface area contributed by atoms with Gasteiger partial charge in [0.2, 0.25) is 0 Å². The second-order valence-corrected chi connectivity index (χ2v) is 6.03. The number of benzene rings is 1. The molecular weight excluding hydrogens is 244 g/mol. The van der Waals surface area contributed by atoms with Gasteiger partial charge in [-0.2, -0.15) is 0 Å². The minimum Gasteiger partial charge on any atom is -0.392 e. The van der Waals surface area contributed by atoms with E-state index in [4.69, 9.17) is 11.6 Å². The summed E-state index contributed by atoms with van der Waals surface area (Å²) in [6.45, 7) is 2.27. The van der Waals surface area contributed by atoms with E-state index in [9.17, 15) is 5.11 Å². The van der Waals surface area contributed by atoms with Gasteiger partial charge in [0.1, 0.15) is 0 Å². The van der Waals surface area contributed by atoms with E-state index in [1.54, 1.807) is 0 Å². The molecule has 2 rings (SSSR count). The second kappa shape index (κ2) is 6.58. The first-order valence-electron chi connectivity index (χ1n) is 7.11. The Morgan fingerprint density at radius 3 is 2.61 bits per heavy atom. The van der Waals surface area contributed by atoms with Gasteiger partial charge >= 0.3 is 0 Å². The van der Waals surface area contributed by atoms with Crippen LogP contribution in [0.2, 0.25) is 5.02 Å². The van der Waals surface area contributed by atoms with Crippen LogP contribution in [0, 0.1) is 11.8 Å². The SMILES string of the molecule is CCC1CCC(C(O)Cc2cccc(Cl)c2)CC1. The van der Waals surface area contributed by atoms with Gasteiger partial charge in [0.15, 0.2) is 0 Å². The molecule has 1 saturated carbocycles.